The average Bonchev–Trinajstić information content (AvgIpc) is 2.76. The van der Waals surface area contributed by atoms with Crippen molar-refractivity contribution in [3.63, 3.8) is 0 Å². The molecule has 0 aliphatic carbocycles. The minimum atomic E-state index is -8.92. The quantitative estimate of drug-likeness (QED) is 0.109. The number of unbranched alkanes of at least 4 members (excludes halogenated alkanes) is 1. The monoisotopic (exact) mass is 667 g/mol. The Bertz CT molecular complexity index is 1070. The van der Waals surface area contributed by atoms with Crippen molar-refractivity contribution in [2.75, 3.05) is 13.1 Å². The minimum Gasteiger partial charge on any atom is -0.432 e. The summed E-state index contributed by atoms with van der Waals surface area (Å²) >= 11 is 0. The van der Waals surface area contributed by atoms with E-state index >= 15 is 0 Å². The molecule has 0 atom stereocenters. The highest BCUT2D eigenvalue weighted by molar-refractivity contribution is 7.90. The lowest BCUT2D eigenvalue weighted by molar-refractivity contribution is -0.458. The van der Waals surface area contributed by atoms with Gasteiger partial charge < -0.3 is 4.74 Å². The van der Waals surface area contributed by atoms with E-state index in [1.54, 1.807) is 0 Å². The van der Waals surface area contributed by atoms with Crippen molar-refractivity contribution >= 4 is 16.0 Å². The van der Waals surface area contributed by atoms with E-state index in [-0.39, 0.29) is 6.42 Å². The Morgan fingerprint density at radius 2 is 1.05 bits per heavy atom. The van der Waals surface area contributed by atoms with Crippen LogP contribution in [0.1, 0.15) is 33.1 Å². The molecule has 0 bridgehead atoms. The van der Waals surface area contributed by atoms with Crippen molar-refractivity contribution in [3.8, 4) is 0 Å². The molecule has 0 aliphatic rings. The molecule has 244 valence electrons. The first-order chi connectivity index (χ1) is 17.8. The zero-order valence-corrected chi connectivity index (χ0v) is 21.0. The second-order valence-electron chi connectivity index (χ2n) is 8.14. The summed E-state index contributed by atoms with van der Waals surface area (Å²) in [6.07, 6.45) is -10.0. The van der Waals surface area contributed by atoms with Crippen LogP contribution >= 0.6 is 0 Å². The number of allylic oxidation sites excluding steroid dienone is 1. The van der Waals surface area contributed by atoms with Crippen LogP contribution in [0.4, 0.5) is 74.6 Å². The largest absolute Gasteiger partial charge is 0.460 e. The molecular formula is C18H18F17NO4S. The molecule has 0 fully saturated rings. The molecule has 0 aromatic heterocycles. The van der Waals surface area contributed by atoms with Crippen LogP contribution in [0.3, 0.4) is 0 Å². The van der Waals surface area contributed by atoms with Crippen LogP contribution in [0.5, 0.6) is 0 Å². The molecule has 0 aromatic rings. The van der Waals surface area contributed by atoms with Gasteiger partial charge in [0.1, 0.15) is 0 Å². The zero-order valence-electron chi connectivity index (χ0n) is 20.2. The van der Waals surface area contributed by atoms with Gasteiger partial charge in [-0.1, -0.05) is 19.9 Å². The van der Waals surface area contributed by atoms with Crippen LogP contribution in [-0.2, 0) is 19.6 Å². The molecule has 0 N–H and O–H groups in total. The minimum absolute atomic E-state index is 0.187. The van der Waals surface area contributed by atoms with E-state index in [0.29, 0.717) is 0 Å². The number of rotatable bonds is 15. The third-order valence-electron chi connectivity index (χ3n) is 4.97. The highest BCUT2D eigenvalue weighted by Gasteiger charge is 2.96. The van der Waals surface area contributed by atoms with Gasteiger partial charge in [0.25, 0.3) is 10.0 Å². The number of hydrogen-bond donors (Lipinski definition) is 0. The molecular weight excluding hydrogens is 649 g/mol. The van der Waals surface area contributed by atoms with Gasteiger partial charge in [-0.2, -0.15) is 78.9 Å². The molecule has 0 spiro atoms. The van der Waals surface area contributed by atoms with Gasteiger partial charge in [0.2, 0.25) is 0 Å². The normalized spacial score (nSPS) is 15.3. The van der Waals surface area contributed by atoms with Crippen LogP contribution in [0.25, 0.3) is 0 Å². The summed E-state index contributed by atoms with van der Waals surface area (Å²) in [7, 11) is -7.48. The maximum absolute atomic E-state index is 14.4. The molecule has 5 nitrogen and oxygen atoms in total. The van der Waals surface area contributed by atoms with Crippen molar-refractivity contribution in [2.24, 2.45) is 0 Å². The van der Waals surface area contributed by atoms with Gasteiger partial charge in [-0.05, 0) is 13.3 Å². The number of carbonyl (C=O) groups excluding carboxylic acids is 1. The Kier molecular flexibility index (Phi) is 11.0. The van der Waals surface area contributed by atoms with Crippen LogP contribution in [-0.4, -0.2) is 78.7 Å². The van der Waals surface area contributed by atoms with Crippen LogP contribution in [0.15, 0.2) is 12.3 Å². The second-order valence-corrected chi connectivity index (χ2v) is 10.1. The van der Waals surface area contributed by atoms with E-state index in [0.717, 1.165) is 6.92 Å². The predicted octanol–water partition coefficient (Wildman–Crippen LogP) is 6.85. The van der Waals surface area contributed by atoms with E-state index in [9.17, 15) is 87.8 Å². The number of hydrogen-bond acceptors (Lipinski definition) is 4. The zero-order chi connectivity index (χ0) is 33.5. The fraction of sp³-hybridized carbons (Fsp3) is 0.833. The van der Waals surface area contributed by atoms with Crippen molar-refractivity contribution < 1.29 is 92.6 Å². The van der Waals surface area contributed by atoms with Crippen LogP contribution < -0.4 is 0 Å². The van der Waals surface area contributed by atoms with E-state index in [2.05, 4.69) is 11.3 Å². The highest BCUT2D eigenvalue weighted by Crippen LogP contribution is 2.64. The lowest BCUT2D eigenvalue weighted by Crippen LogP contribution is -2.75. The van der Waals surface area contributed by atoms with Crippen molar-refractivity contribution in [1.82, 2.24) is 4.31 Å². The van der Waals surface area contributed by atoms with Gasteiger partial charge in [0, 0.05) is 13.1 Å². The molecule has 23 heteroatoms. The summed E-state index contributed by atoms with van der Waals surface area (Å²) in [4.78, 5) is 11.5. The van der Waals surface area contributed by atoms with Crippen molar-refractivity contribution in [1.29, 1.82) is 0 Å². The Labute approximate surface area is 219 Å². The predicted molar refractivity (Wildman–Crippen MR) is 102 cm³/mol. The Morgan fingerprint density at radius 3 is 1.39 bits per heavy atom. The molecule has 0 aromatic carbocycles. The number of alkyl halides is 17. The summed E-state index contributed by atoms with van der Waals surface area (Å²) in [5, 5.41) is -7.68. The van der Waals surface area contributed by atoms with Crippen molar-refractivity contribution in [3.05, 3.63) is 12.3 Å². The smallest absolute Gasteiger partial charge is 0.432 e. The van der Waals surface area contributed by atoms with Gasteiger partial charge in [0.05, 0.1) is 12.2 Å². The molecule has 0 saturated carbocycles. The van der Waals surface area contributed by atoms with Gasteiger partial charge in [-0.15, -0.1) is 0 Å². The maximum atomic E-state index is 14.4. The SMILES string of the molecule is C=C(C)OC(=O)CCN(CCCC)S(=O)(=O)C(F)(F)C(F)(F)C(F)(F)C(F)(F)C(F)(F)C(F)(F)C(F)(F)C(F)(F)F. The molecule has 0 rings (SSSR count). The number of halogens is 17. The summed E-state index contributed by atoms with van der Waals surface area (Å²) < 4.78 is 257. The Balaban J connectivity index is 6.94. The number of nitrogens with zero attached hydrogens (tertiary/aromatic N) is 1. The Morgan fingerprint density at radius 1 is 0.683 bits per heavy atom. The first-order valence-corrected chi connectivity index (χ1v) is 11.8. The number of carbonyl (C=O) groups is 1. The third kappa shape index (κ3) is 6.19. The van der Waals surface area contributed by atoms with Gasteiger partial charge in [0.15, 0.2) is 0 Å². The third-order valence-corrected chi connectivity index (χ3v) is 6.92. The fourth-order valence-corrected chi connectivity index (χ4v) is 4.10. The van der Waals surface area contributed by atoms with Crippen LogP contribution in [0, 0.1) is 0 Å². The summed E-state index contributed by atoms with van der Waals surface area (Å²) in [5.41, 5.74) is 0. The lowest BCUT2D eigenvalue weighted by Gasteiger charge is -2.43. The maximum Gasteiger partial charge on any atom is 0.460 e. The van der Waals surface area contributed by atoms with Gasteiger partial charge in [-0.25, -0.2) is 8.42 Å². The molecule has 0 radical (unpaired) electrons. The molecule has 0 amide bonds. The molecule has 0 saturated heterocycles. The van der Waals surface area contributed by atoms with E-state index in [1.165, 1.54) is 6.92 Å². The molecule has 0 heterocycles. The average molecular weight is 667 g/mol. The lowest BCUT2D eigenvalue weighted by atomic mass is 9.91. The number of esters is 1. The van der Waals surface area contributed by atoms with Crippen molar-refractivity contribution in [2.45, 2.75) is 80.1 Å². The summed E-state index contributed by atoms with van der Waals surface area (Å²) in [6, 6.07) is 0. The first kappa shape index (κ1) is 38.9. The van der Waals surface area contributed by atoms with Gasteiger partial charge >= 0.3 is 52.9 Å². The van der Waals surface area contributed by atoms with E-state index in [4.69, 9.17) is 0 Å². The van der Waals surface area contributed by atoms with Gasteiger partial charge in [-0.3, -0.25) is 4.79 Å². The molecule has 41 heavy (non-hydrogen) atoms. The fourth-order valence-electron chi connectivity index (χ4n) is 2.62. The Hall–Kier alpha value is -2.07. The van der Waals surface area contributed by atoms with Crippen LogP contribution in [0.2, 0.25) is 0 Å². The highest BCUT2D eigenvalue weighted by atomic mass is 32.2. The standard InChI is InChI=1S/C18H18F17NO4S/c1-4-5-7-36(8-6-10(37)40-9(2)3)41(38,39)18(34,35)16(29,30)14(25,26)12(21,22)11(19,20)13(23,24)15(27,28)17(31,32)33/h2,4-8H2,1,3H3. The molecule has 0 aliphatic heterocycles. The summed E-state index contributed by atoms with van der Waals surface area (Å²) in [6.45, 7) is 2.24. The van der Waals surface area contributed by atoms with E-state index in [1.807, 2.05) is 0 Å². The number of sulfonamides is 1. The summed E-state index contributed by atoms with van der Waals surface area (Å²) in [5.74, 6) is -54.0. The first-order valence-electron chi connectivity index (χ1n) is 10.3. The number of ether oxygens (including phenoxy) is 1. The second kappa shape index (κ2) is 11.5. The molecule has 0 unspecified atom stereocenters. The topological polar surface area (TPSA) is 63.7 Å². The van der Waals surface area contributed by atoms with E-state index < -0.39 is 99.0 Å².